The third-order valence-corrected chi connectivity index (χ3v) is 3.24. The predicted octanol–water partition coefficient (Wildman–Crippen LogP) is 1.26. The van der Waals surface area contributed by atoms with Crippen LogP contribution in [0.4, 0.5) is 0 Å². The van der Waals surface area contributed by atoms with Gasteiger partial charge in [0.25, 0.3) is 0 Å². The van der Waals surface area contributed by atoms with Gasteiger partial charge in [-0.25, -0.2) is 4.99 Å². The first-order valence-electron chi connectivity index (χ1n) is 7.17. The van der Waals surface area contributed by atoms with Crippen molar-refractivity contribution in [2.75, 3.05) is 26.7 Å². The molecule has 5 heteroatoms. The Morgan fingerprint density at radius 1 is 1.50 bits per heavy atom. The molecule has 0 spiro atoms. The van der Waals surface area contributed by atoms with Gasteiger partial charge in [0.2, 0.25) is 0 Å². The van der Waals surface area contributed by atoms with Gasteiger partial charge in [-0.05, 0) is 31.2 Å². The van der Waals surface area contributed by atoms with Crippen LogP contribution in [0.1, 0.15) is 27.2 Å². The summed E-state index contributed by atoms with van der Waals surface area (Å²) < 4.78 is 0. The van der Waals surface area contributed by atoms with Gasteiger partial charge >= 0.3 is 0 Å². The van der Waals surface area contributed by atoms with E-state index in [0.717, 1.165) is 31.9 Å². The predicted molar refractivity (Wildman–Crippen MR) is 86.4 cm³/mol. The van der Waals surface area contributed by atoms with E-state index in [4.69, 9.17) is 5.73 Å². The first-order chi connectivity index (χ1) is 9.35. The van der Waals surface area contributed by atoms with E-state index in [0.29, 0.717) is 11.9 Å². The quantitative estimate of drug-likeness (QED) is 0.523. The first kappa shape index (κ1) is 16.6. The molecule has 1 saturated heterocycles. The van der Waals surface area contributed by atoms with E-state index in [9.17, 15) is 0 Å². The molecule has 4 N–H and O–H groups in total. The van der Waals surface area contributed by atoms with E-state index in [-0.39, 0.29) is 5.41 Å². The summed E-state index contributed by atoms with van der Waals surface area (Å²) in [5.74, 6) is 1.55. The maximum atomic E-state index is 5.53. The summed E-state index contributed by atoms with van der Waals surface area (Å²) in [6.45, 7) is 13.3. The number of likely N-dealkylation sites (N-methyl/N-ethyl adjacent to an activating group) is 1. The van der Waals surface area contributed by atoms with Crippen LogP contribution in [0.25, 0.3) is 0 Å². The molecule has 0 aliphatic carbocycles. The molecule has 0 amide bonds. The van der Waals surface area contributed by atoms with Crippen LogP contribution in [0.15, 0.2) is 29.7 Å². The Kier molecular flexibility index (Phi) is 6.07. The van der Waals surface area contributed by atoms with Crippen molar-refractivity contribution in [2.24, 2.45) is 16.1 Å². The Bertz CT molecular complexity index is 378. The number of nitrogens with two attached hydrogens (primary N) is 1. The fraction of sp³-hybridized carbons (Fsp3) is 0.667. The Morgan fingerprint density at radius 2 is 2.20 bits per heavy atom. The highest BCUT2D eigenvalue weighted by atomic mass is 15.2. The van der Waals surface area contributed by atoms with E-state index in [1.54, 1.807) is 0 Å². The normalized spacial score (nSPS) is 20.7. The molecule has 0 unspecified atom stereocenters. The fourth-order valence-corrected chi connectivity index (χ4v) is 2.05. The molecule has 0 bridgehead atoms. The van der Waals surface area contributed by atoms with E-state index >= 15 is 0 Å². The Hall–Kier alpha value is -1.49. The average molecular weight is 279 g/mol. The lowest BCUT2D eigenvalue weighted by atomic mass is 9.97. The summed E-state index contributed by atoms with van der Waals surface area (Å²) in [7, 11) is 1.99. The molecule has 1 aliphatic rings. The van der Waals surface area contributed by atoms with Crippen molar-refractivity contribution >= 4 is 5.84 Å². The highest BCUT2D eigenvalue weighted by Gasteiger charge is 2.22. The number of aliphatic imine (C=N–C) groups is 1. The summed E-state index contributed by atoms with van der Waals surface area (Å²) in [5, 5.41) is 6.56. The van der Waals surface area contributed by atoms with E-state index in [1.807, 2.05) is 13.1 Å². The molecule has 0 aromatic carbocycles. The van der Waals surface area contributed by atoms with Crippen molar-refractivity contribution < 1.29 is 0 Å². The van der Waals surface area contributed by atoms with Crippen molar-refractivity contribution in [1.82, 2.24) is 15.5 Å². The van der Waals surface area contributed by atoms with Crippen molar-refractivity contribution in [3.8, 4) is 0 Å². The van der Waals surface area contributed by atoms with Crippen LogP contribution in [0.5, 0.6) is 0 Å². The van der Waals surface area contributed by atoms with Gasteiger partial charge in [-0.2, -0.15) is 0 Å². The zero-order valence-electron chi connectivity index (χ0n) is 13.2. The van der Waals surface area contributed by atoms with Gasteiger partial charge in [0.05, 0.1) is 0 Å². The standard InChI is InChI=1S/C15H29N5/c1-12(18-11-15(2,3)4)19-14(6-8-16)20-9-7-13(10-20)17-5/h6,8,13,17-18H,1,7,9-11,16H2,2-5H3/b8-6-,19-14+/t13-/m0/s1. The minimum Gasteiger partial charge on any atom is -0.404 e. The largest absolute Gasteiger partial charge is 0.404 e. The summed E-state index contributed by atoms with van der Waals surface area (Å²) in [6, 6.07) is 0.516. The molecule has 1 aliphatic heterocycles. The summed E-state index contributed by atoms with van der Waals surface area (Å²) in [4.78, 5) is 6.79. The van der Waals surface area contributed by atoms with Crippen LogP contribution >= 0.6 is 0 Å². The van der Waals surface area contributed by atoms with Crippen LogP contribution < -0.4 is 16.4 Å². The second kappa shape index (κ2) is 7.33. The molecule has 0 saturated carbocycles. The number of hydrogen-bond acceptors (Lipinski definition) is 4. The second-order valence-electron chi connectivity index (χ2n) is 6.41. The van der Waals surface area contributed by atoms with E-state index in [1.165, 1.54) is 6.20 Å². The third-order valence-electron chi connectivity index (χ3n) is 3.24. The molecule has 0 aromatic heterocycles. The van der Waals surface area contributed by atoms with Crippen molar-refractivity contribution in [2.45, 2.75) is 33.2 Å². The second-order valence-corrected chi connectivity index (χ2v) is 6.41. The van der Waals surface area contributed by atoms with E-state index in [2.05, 4.69) is 47.9 Å². The van der Waals surface area contributed by atoms with Gasteiger partial charge in [0.15, 0.2) is 0 Å². The maximum Gasteiger partial charge on any atom is 0.132 e. The smallest absolute Gasteiger partial charge is 0.132 e. The van der Waals surface area contributed by atoms with Crippen molar-refractivity contribution in [3.05, 3.63) is 24.7 Å². The highest BCUT2D eigenvalue weighted by molar-refractivity contribution is 5.93. The molecule has 20 heavy (non-hydrogen) atoms. The number of amidine groups is 1. The zero-order valence-corrected chi connectivity index (χ0v) is 13.2. The molecule has 1 heterocycles. The number of nitrogens with zero attached hydrogens (tertiary/aromatic N) is 2. The highest BCUT2D eigenvalue weighted by Crippen LogP contribution is 2.13. The molecular formula is C15H29N5. The van der Waals surface area contributed by atoms with Gasteiger partial charge in [0.1, 0.15) is 11.7 Å². The average Bonchev–Trinajstić information content (AvgIpc) is 2.84. The minimum absolute atomic E-state index is 0.202. The summed E-state index contributed by atoms with van der Waals surface area (Å²) in [5.41, 5.74) is 5.73. The van der Waals surface area contributed by atoms with Gasteiger partial charge in [0, 0.05) is 25.7 Å². The fourth-order valence-electron chi connectivity index (χ4n) is 2.05. The Labute approximate surface area is 123 Å². The summed E-state index contributed by atoms with van der Waals surface area (Å²) >= 11 is 0. The number of nitrogens with one attached hydrogen (secondary N) is 2. The molecular weight excluding hydrogens is 250 g/mol. The molecule has 114 valence electrons. The van der Waals surface area contributed by atoms with Crippen molar-refractivity contribution in [1.29, 1.82) is 0 Å². The molecule has 0 aromatic rings. The minimum atomic E-state index is 0.202. The third kappa shape index (κ3) is 5.65. The Morgan fingerprint density at radius 3 is 2.70 bits per heavy atom. The van der Waals surface area contributed by atoms with Crippen LogP contribution in [-0.2, 0) is 0 Å². The monoisotopic (exact) mass is 279 g/mol. The molecule has 0 radical (unpaired) electrons. The van der Waals surface area contributed by atoms with Gasteiger partial charge in [-0.15, -0.1) is 0 Å². The number of hydrogen-bond donors (Lipinski definition) is 3. The Balaban J connectivity index is 2.66. The zero-order chi connectivity index (χ0) is 15.2. The summed E-state index contributed by atoms with van der Waals surface area (Å²) in [6.07, 6.45) is 4.49. The van der Waals surface area contributed by atoms with Crippen molar-refractivity contribution in [3.63, 3.8) is 0 Å². The lowest BCUT2D eigenvalue weighted by Gasteiger charge is -2.21. The lowest BCUT2D eigenvalue weighted by molar-refractivity contribution is 0.396. The molecule has 5 nitrogen and oxygen atoms in total. The number of rotatable bonds is 5. The topological polar surface area (TPSA) is 65.7 Å². The van der Waals surface area contributed by atoms with Gasteiger partial charge < -0.3 is 21.3 Å². The van der Waals surface area contributed by atoms with Crippen LogP contribution in [-0.4, -0.2) is 43.5 Å². The molecule has 1 fully saturated rings. The van der Waals surface area contributed by atoms with E-state index < -0.39 is 0 Å². The van der Waals surface area contributed by atoms with Gasteiger partial charge in [-0.3, -0.25) is 0 Å². The number of likely N-dealkylation sites (tertiary alicyclic amines) is 1. The SMILES string of the molecule is C=C(/N=C(\C=C/N)N1CC[C@H](NC)C1)NCC(C)(C)C. The molecule has 1 atom stereocenters. The van der Waals surface area contributed by atoms with Crippen LogP contribution in [0.2, 0.25) is 0 Å². The van der Waals surface area contributed by atoms with Crippen LogP contribution in [0, 0.1) is 5.41 Å². The first-order valence-corrected chi connectivity index (χ1v) is 7.17. The van der Waals surface area contributed by atoms with Gasteiger partial charge in [-0.1, -0.05) is 27.4 Å². The molecule has 1 rings (SSSR count). The lowest BCUT2D eigenvalue weighted by Crippen LogP contribution is -2.33. The maximum absolute atomic E-state index is 5.53. The van der Waals surface area contributed by atoms with Crippen LogP contribution in [0.3, 0.4) is 0 Å².